The third-order valence-electron chi connectivity index (χ3n) is 6.10. The lowest BCUT2D eigenvalue weighted by Gasteiger charge is -2.31. The van der Waals surface area contributed by atoms with Crippen molar-refractivity contribution in [1.29, 1.82) is 0 Å². The molecule has 6 heteroatoms. The Morgan fingerprint density at radius 3 is 2.28 bits per heavy atom. The van der Waals surface area contributed by atoms with E-state index >= 15 is 0 Å². The average Bonchev–Trinajstić information content (AvgIpc) is 3.17. The van der Waals surface area contributed by atoms with Gasteiger partial charge >= 0.3 is 0 Å². The largest absolute Gasteiger partial charge is 0.257 e. The molecule has 1 fully saturated rings. The minimum Gasteiger partial charge on any atom is -0.257 e. The van der Waals surface area contributed by atoms with Crippen molar-refractivity contribution in [3.05, 3.63) is 104 Å². The van der Waals surface area contributed by atoms with Gasteiger partial charge in [0.25, 0.3) is 0 Å². The van der Waals surface area contributed by atoms with E-state index in [0.717, 1.165) is 41.8 Å². The number of para-hydroxylation sites is 1. The van der Waals surface area contributed by atoms with Gasteiger partial charge in [0, 0.05) is 26.0 Å². The summed E-state index contributed by atoms with van der Waals surface area (Å²) in [5.74, 6) is 0.222. The molecule has 0 saturated heterocycles. The minimum absolute atomic E-state index is 0.00144. The molecule has 3 aromatic rings. The molecule has 2 nitrogen and oxygen atoms in total. The van der Waals surface area contributed by atoms with Gasteiger partial charge in [-0.2, -0.15) is 5.10 Å². The summed E-state index contributed by atoms with van der Waals surface area (Å²) in [5.41, 5.74) is 5.33. The summed E-state index contributed by atoms with van der Waals surface area (Å²) in [6, 6.07) is 21.6. The van der Waals surface area contributed by atoms with Gasteiger partial charge in [0.1, 0.15) is 0 Å². The summed E-state index contributed by atoms with van der Waals surface area (Å²) in [6.07, 6.45) is 5.22. The summed E-state index contributed by atoms with van der Waals surface area (Å²) >= 11 is 25.4. The number of anilines is 1. The fourth-order valence-electron chi connectivity index (χ4n) is 4.65. The summed E-state index contributed by atoms with van der Waals surface area (Å²) in [5, 5.41) is 9.82. The number of nitrogens with zero attached hydrogens (tertiary/aromatic N) is 2. The second-order valence-electron chi connectivity index (χ2n) is 8.11. The van der Waals surface area contributed by atoms with E-state index in [1.807, 2.05) is 48.5 Å². The number of halogens is 4. The Labute approximate surface area is 208 Å². The standard InChI is InChI=1S/C26H20Cl4N2/c27-18-10-9-16(23(29)14-18)13-17-5-4-8-22-25(17)31-32(20-6-2-1-3-7-20)26(22)21-12-11-19(28)15-24(21)30/h1-3,6-7,9-15,22,26H,4-5,8H2/b17-13+/t22-,26+/m0/s1. The van der Waals surface area contributed by atoms with Crippen LogP contribution in [0.5, 0.6) is 0 Å². The van der Waals surface area contributed by atoms with Crippen LogP contribution in [0.4, 0.5) is 5.69 Å². The predicted octanol–water partition coefficient (Wildman–Crippen LogP) is 9.10. The van der Waals surface area contributed by atoms with E-state index in [0.29, 0.717) is 20.1 Å². The summed E-state index contributed by atoms with van der Waals surface area (Å²) in [4.78, 5) is 0. The van der Waals surface area contributed by atoms with Gasteiger partial charge in [-0.3, -0.25) is 5.01 Å². The smallest absolute Gasteiger partial charge is 0.0874 e. The number of benzene rings is 3. The zero-order valence-corrected chi connectivity index (χ0v) is 20.1. The van der Waals surface area contributed by atoms with Gasteiger partial charge in [0.15, 0.2) is 0 Å². The lowest BCUT2D eigenvalue weighted by atomic mass is 9.77. The van der Waals surface area contributed by atoms with Gasteiger partial charge in [-0.25, -0.2) is 0 Å². The van der Waals surface area contributed by atoms with E-state index in [4.69, 9.17) is 51.5 Å². The first kappa shape index (κ1) is 21.9. The normalized spacial score (nSPS) is 21.6. The molecule has 0 spiro atoms. The summed E-state index contributed by atoms with van der Waals surface area (Å²) < 4.78 is 0. The minimum atomic E-state index is 0.00144. The monoisotopic (exact) mass is 500 g/mol. The molecular weight excluding hydrogens is 482 g/mol. The summed E-state index contributed by atoms with van der Waals surface area (Å²) in [7, 11) is 0. The molecule has 1 saturated carbocycles. The van der Waals surface area contributed by atoms with E-state index in [2.05, 4.69) is 23.2 Å². The van der Waals surface area contributed by atoms with E-state index in [1.165, 1.54) is 5.57 Å². The highest BCUT2D eigenvalue weighted by Gasteiger charge is 2.42. The maximum absolute atomic E-state index is 6.69. The Morgan fingerprint density at radius 2 is 1.56 bits per heavy atom. The molecule has 0 amide bonds. The number of fused-ring (bicyclic) bond motifs is 1. The highest BCUT2D eigenvalue weighted by Crippen LogP contribution is 2.48. The quantitative estimate of drug-likeness (QED) is 0.349. The second-order valence-corrected chi connectivity index (χ2v) is 9.80. The molecule has 3 aromatic carbocycles. The molecule has 0 aromatic heterocycles. The van der Waals surface area contributed by atoms with Crippen LogP contribution in [0, 0.1) is 5.92 Å². The van der Waals surface area contributed by atoms with Crippen molar-refractivity contribution in [3.63, 3.8) is 0 Å². The van der Waals surface area contributed by atoms with E-state index < -0.39 is 0 Å². The van der Waals surface area contributed by atoms with Crippen LogP contribution in [0.25, 0.3) is 6.08 Å². The van der Waals surface area contributed by atoms with Crippen LogP contribution in [-0.2, 0) is 0 Å². The molecule has 1 heterocycles. The topological polar surface area (TPSA) is 15.6 Å². The molecular formula is C26H20Cl4N2. The van der Waals surface area contributed by atoms with Crippen LogP contribution in [0.2, 0.25) is 20.1 Å². The molecule has 5 rings (SSSR count). The van der Waals surface area contributed by atoms with Gasteiger partial charge in [-0.05, 0) is 78.4 Å². The van der Waals surface area contributed by atoms with E-state index in [-0.39, 0.29) is 12.0 Å². The predicted molar refractivity (Wildman–Crippen MR) is 137 cm³/mol. The Balaban J connectivity index is 1.62. The van der Waals surface area contributed by atoms with Gasteiger partial charge in [-0.1, -0.05) is 76.7 Å². The van der Waals surface area contributed by atoms with Crippen LogP contribution in [-0.4, -0.2) is 5.71 Å². The molecule has 162 valence electrons. The van der Waals surface area contributed by atoms with Crippen molar-refractivity contribution in [2.24, 2.45) is 11.0 Å². The number of hydrogen-bond donors (Lipinski definition) is 0. The molecule has 1 aliphatic heterocycles. The first-order chi connectivity index (χ1) is 15.5. The van der Waals surface area contributed by atoms with Crippen LogP contribution < -0.4 is 5.01 Å². The van der Waals surface area contributed by atoms with Crippen molar-refractivity contribution in [3.8, 4) is 0 Å². The molecule has 2 aliphatic rings. The molecule has 32 heavy (non-hydrogen) atoms. The SMILES string of the molecule is Clc1ccc(/C=C2\CCC[C@H]3C2=NN(c2ccccc2)[C@@H]3c2ccc(Cl)cc2Cl)c(Cl)c1. The highest BCUT2D eigenvalue weighted by atomic mass is 35.5. The summed E-state index contributed by atoms with van der Waals surface area (Å²) in [6.45, 7) is 0. The number of rotatable bonds is 3. The Hall–Kier alpha value is -1.97. The Kier molecular flexibility index (Phi) is 6.22. The van der Waals surface area contributed by atoms with E-state index in [1.54, 1.807) is 6.07 Å². The van der Waals surface area contributed by atoms with Gasteiger partial charge in [0.2, 0.25) is 0 Å². The lowest BCUT2D eigenvalue weighted by Crippen LogP contribution is -2.28. The lowest BCUT2D eigenvalue weighted by molar-refractivity contribution is 0.488. The third kappa shape index (κ3) is 4.18. The number of hydrazone groups is 1. The zero-order valence-electron chi connectivity index (χ0n) is 17.1. The Bertz CT molecular complexity index is 1220. The zero-order chi connectivity index (χ0) is 22.2. The number of allylic oxidation sites excluding steroid dienone is 1. The first-order valence-corrected chi connectivity index (χ1v) is 12.1. The third-order valence-corrected chi connectivity index (χ3v) is 7.22. The molecule has 2 atom stereocenters. The fraction of sp³-hybridized carbons (Fsp3) is 0.192. The highest BCUT2D eigenvalue weighted by molar-refractivity contribution is 6.36. The maximum Gasteiger partial charge on any atom is 0.0874 e. The fourth-order valence-corrected chi connectivity index (χ4v) is 5.63. The van der Waals surface area contributed by atoms with Crippen molar-refractivity contribution >= 4 is 63.9 Å². The van der Waals surface area contributed by atoms with Crippen LogP contribution >= 0.6 is 46.4 Å². The van der Waals surface area contributed by atoms with Crippen molar-refractivity contribution in [1.82, 2.24) is 0 Å². The molecule has 1 aliphatic carbocycles. The molecule has 0 N–H and O–H groups in total. The molecule has 0 unspecified atom stereocenters. The molecule has 0 radical (unpaired) electrons. The van der Waals surface area contributed by atoms with E-state index in [9.17, 15) is 0 Å². The maximum atomic E-state index is 6.69. The van der Waals surface area contributed by atoms with Crippen molar-refractivity contribution < 1.29 is 0 Å². The van der Waals surface area contributed by atoms with Crippen molar-refractivity contribution in [2.45, 2.75) is 25.3 Å². The molecule has 0 bridgehead atoms. The van der Waals surface area contributed by atoms with Crippen LogP contribution in [0.15, 0.2) is 77.4 Å². The van der Waals surface area contributed by atoms with Gasteiger partial charge in [0.05, 0.1) is 17.4 Å². The first-order valence-electron chi connectivity index (χ1n) is 10.5. The van der Waals surface area contributed by atoms with Gasteiger partial charge < -0.3 is 0 Å². The second kappa shape index (κ2) is 9.11. The van der Waals surface area contributed by atoms with Gasteiger partial charge in [-0.15, -0.1) is 0 Å². The van der Waals surface area contributed by atoms with Crippen LogP contribution in [0.1, 0.15) is 36.4 Å². The van der Waals surface area contributed by atoms with Crippen LogP contribution in [0.3, 0.4) is 0 Å². The number of hydrogen-bond acceptors (Lipinski definition) is 2. The van der Waals surface area contributed by atoms with Crippen molar-refractivity contribution in [2.75, 3.05) is 5.01 Å². The Morgan fingerprint density at radius 1 is 0.844 bits per heavy atom. The average molecular weight is 502 g/mol.